The molecule has 0 heterocycles. The van der Waals surface area contributed by atoms with E-state index < -0.39 is 10.9 Å². The Morgan fingerprint density at radius 1 is 1.16 bits per heavy atom. The molecule has 0 aromatic heterocycles. The molecular formula is C22H19N3O6. The smallest absolute Gasteiger partial charge is 0.337 e. The van der Waals surface area contributed by atoms with Crippen molar-refractivity contribution in [2.75, 3.05) is 12.5 Å². The molecule has 9 nitrogen and oxygen atoms in total. The lowest BCUT2D eigenvalue weighted by molar-refractivity contribution is -0.386. The number of hydrogen-bond donors (Lipinski definition) is 2. The van der Waals surface area contributed by atoms with Crippen LogP contribution in [0.25, 0.3) is 0 Å². The molecule has 3 rings (SSSR count). The van der Waals surface area contributed by atoms with Gasteiger partial charge in [-0.2, -0.15) is 5.10 Å². The van der Waals surface area contributed by atoms with Gasteiger partial charge in [0.05, 0.1) is 29.5 Å². The van der Waals surface area contributed by atoms with Crippen LogP contribution in [0.2, 0.25) is 0 Å². The molecule has 2 N–H and O–H groups in total. The fraction of sp³-hybridized carbons (Fsp3) is 0.0909. The van der Waals surface area contributed by atoms with E-state index in [0.717, 1.165) is 5.56 Å². The van der Waals surface area contributed by atoms with Crippen LogP contribution >= 0.6 is 0 Å². The van der Waals surface area contributed by atoms with Crippen LogP contribution < -0.4 is 14.9 Å². The number of carboxylic acid groups (broad SMARTS) is 1. The monoisotopic (exact) mass is 421 g/mol. The van der Waals surface area contributed by atoms with Crippen LogP contribution in [0.4, 0.5) is 11.4 Å². The van der Waals surface area contributed by atoms with E-state index in [9.17, 15) is 20.0 Å². The second-order valence-electron chi connectivity index (χ2n) is 6.32. The third kappa shape index (κ3) is 5.36. The summed E-state index contributed by atoms with van der Waals surface area (Å²) in [6.07, 6.45) is 1.33. The topological polar surface area (TPSA) is 123 Å². The van der Waals surface area contributed by atoms with Crippen LogP contribution in [-0.2, 0) is 6.61 Å². The first kappa shape index (κ1) is 21.3. The van der Waals surface area contributed by atoms with Gasteiger partial charge >= 0.3 is 11.7 Å². The zero-order valence-electron chi connectivity index (χ0n) is 16.5. The zero-order chi connectivity index (χ0) is 22.2. The number of nitro groups is 1. The van der Waals surface area contributed by atoms with Gasteiger partial charge in [0.25, 0.3) is 0 Å². The van der Waals surface area contributed by atoms with Crippen LogP contribution in [0.3, 0.4) is 0 Å². The summed E-state index contributed by atoms with van der Waals surface area (Å²) in [4.78, 5) is 22.3. The Hall–Kier alpha value is -4.40. The standard InChI is InChI=1S/C22H19N3O6/c1-30-20-12-16(13-23-24-18-10-6-5-9-17(18)22(26)27)11-19(25(28)29)21(20)31-14-15-7-3-2-4-8-15/h2-13,24H,14H2,1H3,(H,26,27). The average Bonchev–Trinajstić information content (AvgIpc) is 2.78. The lowest BCUT2D eigenvalue weighted by Crippen LogP contribution is -2.03. The number of rotatable bonds is 9. The number of hydrogen-bond acceptors (Lipinski definition) is 7. The number of methoxy groups -OCH3 is 1. The van der Waals surface area contributed by atoms with E-state index in [-0.39, 0.29) is 35.0 Å². The summed E-state index contributed by atoms with van der Waals surface area (Å²) in [6.45, 7) is 0.138. The number of nitro benzene ring substituents is 1. The first-order valence-corrected chi connectivity index (χ1v) is 9.14. The molecule has 0 spiro atoms. The van der Waals surface area contributed by atoms with Gasteiger partial charge in [-0.05, 0) is 23.8 Å². The Labute approximate surface area is 177 Å². The number of ether oxygens (including phenoxy) is 2. The minimum absolute atomic E-state index is 0.0117. The maximum absolute atomic E-state index is 11.6. The van der Waals surface area contributed by atoms with Gasteiger partial charge in [-0.15, -0.1) is 0 Å². The Balaban J connectivity index is 1.85. The van der Waals surface area contributed by atoms with Gasteiger partial charge in [0.2, 0.25) is 5.75 Å². The highest BCUT2D eigenvalue weighted by atomic mass is 16.6. The van der Waals surface area contributed by atoms with Gasteiger partial charge in [0.1, 0.15) is 6.61 Å². The molecule has 31 heavy (non-hydrogen) atoms. The van der Waals surface area contributed by atoms with Crippen LogP contribution in [0.5, 0.6) is 11.5 Å². The van der Waals surface area contributed by atoms with E-state index in [0.29, 0.717) is 5.56 Å². The summed E-state index contributed by atoms with van der Waals surface area (Å²) in [7, 11) is 1.39. The Kier molecular flexibility index (Phi) is 6.79. The number of carbonyl (C=O) groups is 1. The van der Waals surface area contributed by atoms with Crippen molar-refractivity contribution in [3.05, 3.63) is 93.5 Å². The Bertz CT molecular complexity index is 1120. The fourth-order valence-corrected chi connectivity index (χ4v) is 2.79. The maximum Gasteiger partial charge on any atom is 0.337 e. The number of benzene rings is 3. The van der Waals surface area contributed by atoms with Gasteiger partial charge in [0, 0.05) is 11.6 Å². The van der Waals surface area contributed by atoms with E-state index in [1.165, 1.54) is 25.5 Å². The molecule has 0 saturated heterocycles. The quantitative estimate of drug-likeness (QED) is 0.299. The molecule has 0 unspecified atom stereocenters. The maximum atomic E-state index is 11.6. The number of nitrogens with zero attached hydrogens (tertiary/aromatic N) is 2. The summed E-state index contributed by atoms with van der Waals surface area (Å²) in [5, 5.41) is 24.8. The fourth-order valence-electron chi connectivity index (χ4n) is 2.79. The van der Waals surface area contributed by atoms with Crippen molar-refractivity contribution in [1.82, 2.24) is 0 Å². The molecule has 0 fully saturated rings. The van der Waals surface area contributed by atoms with Crippen LogP contribution in [0, 0.1) is 10.1 Å². The highest BCUT2D eigenvalue weighted by molar-refractivity contribution is 5.94. The zero-order valence-corrected chi connectivity index (χ0v) is 16.5. The van der Waals surface area contributed by atoms with E-state index >= 15 is 0 Å². The van der Waals surface area contributed by atoms with Crippen LogP contribution in [-0.4, -0.2) is 29.3 Å². The highest BCUT2D eigenvalue weighted by Gasteiger charge is 2.22. The second-order valence-corrected chi connectivity index (χ2v) is 6.32. The number of anilines is 1. The normalized spacial score (nSPS) is 10.6. The first-order chi connectivity index (χ1) is 15.0. The molecule has 0 amide bonds. The van der Waals surface area contributed by atoms with E-state index in [2.05, 4.69) is 10.5 Å². The van der Waals surface area contributed by atoms with Crippen molar-refractivity contribution in [2.45, 2.75) is 6.61 Å². The highest BCUT2D eigenvalue weighted by Crippen LogP contribution is 2.38. The van der Waals surface area contributed by atoms with E-state index in [4.69, 9.17) is 9.47 Å². The van der Waals surface area contributed by atoms with Gasteiger partial charge in [-0.1, -0.05) is 42.5 Å². The summed E-state index contributed by atoms with van der Waals surface area (Å²) in [6, 6.07) is 18.4. The van der Waals surface area contributed by atoms with E-state index in [1.807, 2.05) is 30.3 Å². The van der Waals surface area contributed by atoms with Gasteiger partial charge in [-0.3, -0.25) is 15.5 Å². The number of aromatic carboxylic acids is 1. The summed E-state index contributed by atoms with van der Waals surface area (Å²) < 4.78 is 11.0. The summed E-state index contributed by atoms with van der Waals surface area (Å²) >= 11 is 0. The van der Waals surface area contributed by atoms with Gasteiger partial charge in [0.15, 0.2) is 5.75 Å². The predicted molar refractivity (Wildman–Crippen MR) is 115 cm³/mol. The molecule has 0 aliphatic heterocycles. The third-order valence-corrected chi connectivity index (χ3v) is 4.26. The average molecular weight is 421 g/mol. The first-order valence-electron chi connectivity index (χ1n) is 9.14. The molecule has 158 valence electrons. The molecule has 0 saturated carbocycles. The van der Waals surface area contributed by atoms with Crippen LogP contribution in [0.15, 0.2) is 71.8 Å². The number of hydrazone groups is 1. The molecule has 0 bridgehead atoms. The minimum atomic E-state index is -1.10. The number of nitrogens with one attached hydrogen (secondary N) is 1. The molecule has 3 aromatic carbocycles. The van der Waals surface area contributed by atoms with Crippen molar-refractivity contribution >= 4 is 23.6 Å². The minimum Gasteiger partial charge on any atom is -0.493 e. The van der Waals surface area contributed by atoms with Crippen molar-refractivity contribution in [1.29, 1.82) is 0 Å². The number of para-hydroxylation sites is 1. The molecule has 3 aromatic rings. The van der Waals surface area contributed by atoms with Crippen molar-refractivity contribution in [3.63, 3.8) is 0 Å². The molecule has 0 aliphatic rings. The van der Waals surface area contributed by atoms with Crippen molar-refractivity contribution < 1.29 is 24.3 Å². The summed E-state index contributed by atoms with van der Waals surface area (Å²) in [5.41, 5.74) is 3.92. The largest absolute Gasteiger partial charge is 0.493 e. The Morgan fingerprint density at radius 3 is 2.55 bits per heavy atom. The summed E-state index contributed by atoms with van der Waals surface area (Å²) in [5.74, 6) is -0.911. The third-order valence-electron chi connectivity index (χ3n) is 4.26. The molecular weight excluding hydrogens is 402 g/mol. The van der Waals surface area contributed by atoms with Crippen molar-refractivity contribution in [2.24, 2.45) is 5.10 Å². The van der Waals surface area contributed by atoms with E-state index in [1.54, 1.807) is 24.3 Å². The Morgan fingerprint density at radius 2 is 1.87 bits per heavy atom. The SMILES string of the molecule is COc1cc(C=NNc2ccccc2C(=O)O)cc([N+](=O)[O-])c1OCc1ccccc1. The molecule has 0 atom stereocenters. The lowest BCUT2D eigenvalue weighted by atomic mass is 10.1. The van der Waals surface area contributed by atoms with Gasteiger partial charge < -0.3 is 14.6 Å². The van der Waals surface area contributed by atoms with Crippen LogP contribution in [0.1, 0.15) is 21.5 Å². The second kappa shape index (κ2) is 9.88. The lowest BCUT2D eigenvalue weighted by Gasteiger charge is -2.12. The predicted octanol–water partition coefficient (Wildman–Crippen LogP) is 4.33. The van der Waals surface area contributed by atoms with Crippen molar-refractivity contribution in [3.8, 4) is 11.5 Å². The molecule has 0 aliphatic carbocycles. The molecule has 9 heteroatoms. The molecule has 0 radical (unpaired) electrons. The van der Waals surface area contributed by atoms with Gasteiger partial charge in [-0.25, -0.2) is 4.79 Å². The number of carboxylic acids is 1.